The minimum absolute atomic E-state index is 0.0784. The van der Waals surface area contributed by atoms with Crippen LogP contribution in [0.2, 0.25) is 5.02 Å². The Balaban J connectivity index is 2.87. The SMILES string of the molecule is CC(C)CC(CNS(=O)(=O)c1ccc(Cl)cc1F)C(=O)O. The second kappa shape index (κ2) is 7.20. The van der Waals surface area contributed by atoms with Crippen molar-refractivity contribution in [2.24, 2.45) is 11.8 Å². The van der Waals surface area contributed by atoms with E-state index in [1.807, 2.05) is 13.8 Å². The van der Waals surface area contributed by atoms with Crippen LogP contribution in [0.3, 0.4) is 0 Å². The number of carbonyl (C=O) groups is 1. The number of aliphatic carboxylic acids is 1. The van der Waals surface area contributed by atoms with Gasteiger partial charge in [-0.1, -0.05) is 25.4 Å². The maximum Gasteiger partial charge on any atom is 0.307 e. The van der Waals surface area contributed by atoms with E-state index in [4.69, 9.17) is 16.7 Å². The van der Waals surface area contributed by atoms with Gasteiger partial charge in [0, 0.05) is 11.6 Å². The molecule has 0 saturated carbocycles. The van der Waals surface area contributed by atoms with E-state index in [2.05, 4.69) is 4.72 Å². The molecule has 1 rings (SSSR count). The summed E-state index contributed by atoms with van der Waals surface area (Å²) in [5.41, 5.74) is 0. The molecule has 0 fully saturated rings. The standard InChI is InChI=1S/C13H17ClFNO4S/c1-8(2)5-9(13(17)18)7-16-21(19,20)12-4-3-10(14)6-11(12)15/h3-4,6,8-9,16H,5,7H2,1-2H3,(H,17,18). The van der Waals surface area contributed by atoms with Gasteiger partial charge in [-0.15, -0.1) is 0 Å². The van der Waals surface area contributed by atoms with Gasteiger partial charge in [-0.3, -0.25) is 4.79 Å². The van der Waals surface area contributed by atoms with Crippen molar-refractivity contribution >= 4 is 27.6 Å². The molecule has 0 bridgehead atoms. The molecule has 0 aliphatic rings. The van der Waals surface area contributed by atoms with Gasteiger partial charge in [-0.25, -0.2) is 17.5 Å². The summed E-state index contributed by atoms with van der Waals surface area (Å²) >= 11 is 5.56. The maximum atomic E-state index is 13.6. The molecule has 0 spiro atoms. The number of halogens is 2. The molecule has 5 nitrogen and oxygen atoms in total. The largest absolute Gasteiger partial charge is 0.481 e. The van der Waals surface area contributed by atoms with Gasteiger partial charge in [0.25, 0.3) is 0 Å². The first-order valence-corrected chi connectivity index (χ1v) is 8.17. The Hall–Kier alpha value is -1.18. The Labute approximate surface area is 128 Å². The van der Waals surface area contributed by atoms with Crippen LogP contribution in [0.15, 0.2) is 23.1 Å². The lowest BCUT2D eigenvalue weighted by Crippen LogP contribution is -2.34. The number of carboxylic acid groups (broad SMARTS) is 1. The monoisotopic (exact) mass is 337 g/mol. The molecule has 0 aromatic heterocycles. The van der Waals surface area contributed by atoms with Crippen molar-refractivity contribution < 1.29 is 22.7 Å². The Morgan fingerprint density at radius 1 is 1.43 bits per heavy atom. The summed E-state index contributed by atoms with van der Waals surface area (Å²) in [5.74, 6) is -2.84. The predicted octanol–water partition coefficient (Wildman–Crippen LogP) is 2.50. The summed E-state index contributed by atoms with van der Waals surface area (Å²) < 4.78 is 39.7. The Morgan fingerprint density at radius 3 is 2.52 bits per heavy atom. The second-order valence-corrected chi connectivity index (χ2v) is 7.26. The molecule has 118 valence electrons. The van der Waals surface area contributed by atoms with Crippen molar-refractivity contribution in [2.45, 2.75) is 25.2 Å². The molecule has 21 heavy (non-hydrogen) atoms. The van der Waals surface area contributed by atoms with Gasteiger partial charge in [0.2, 0.25) is 10.0 Å². The van der Waals surface area contributed by atoms with Crippen LogP contribution in [0.25, 0.3) is 0 Å². The molecule has 8 heteroatoms. The van der Waals surface area contributed by atoms with Crippen LogP contribution >= 0.6 is 11.6 Å². The normalized spacial score (nSPS) is 13.4. The minimum atomic E-state index is -4.12. The number of hydrogen-bond acceptors (Lipinski definition) is 3. The van der Waals surface area contributed by atoms with E-state index < -0.39 is 32.6 Å². The first kappa shape index (κ1) is 17.9. The summed E-state index contributed by atoms with van der Waals surface area (Å²) in [6.45, 7) is 3.38. The van der Waals surface area contributed by atoms with Gasteiger partial charge in [-0.2, -0.15) is 0 Å². The van der Waals surface area contributed by atoms with Crippen LogP contribution < -0.4 is 4.72 Å². The van der Waals surface area contributed by atoms with E-state index in [1.165, 1.54) is 6.07 Å². The molecule has 1 atom stereocenters. The Morgan fingerprint density at radius 2 is 2.05 bits per heavy atom. The summed E-state index contributed by atoms with van der Waals surface area (Å²) in [4.78, 5) is 10.5. The summed E-state index contributed by atoms with van der Waals surface area (Å²) in [6, 6.07) is 3.18. The number of hydrogen-bond donors (Lipinski definition) is 2. The molecule has 0 heterocycles. The molecule has 2 N–H and O–H groups in total. The fraction of sp³-hybridized carbons (Fsp3) is 0.462. The van der Waals surface area contributed by atoms with E-state index in [0.29, 0.717) is 6.42 Å². The van der Waals surface area contributed by atoms with Crippen LogP contribution in [0.4, 0.5) is 4.39 Å². The lowest BCUT2D eigenvalue weighted by molar-refractivity contribution is -0.142. The van der Waals surface area contributed by atoms with Crippen LogP contribution in [0.1, 0.15) is 20.3 Å². The fourth-order valence-corrected chi connectivity index (χ4v) is 3.12. The molecule has 1 aromatic rings. The van der Waals surface area contributed by atoms with Crippen molar-refractivity contribution in [3.8, 4) is 0 Å². The highest BCUT2D eigenvalue weighted by atomic mass is 35.5. The predicted molar refractivity (Wildman–Crippen MR) is 77.2 cm³/mol. The zero-order valence-electron chi connectivity index (χ0n) is 11.6. The molecule has 0 radical (unpaired) electrons. The van der Waals surface area contributed by atoms with Gasteiger partial charge in [0.15, 0.2) is 0 Å². The Bertz CT molecular complexity index is 619. The smallest absolute Gasteiger partial charge is 0.307 e. The van der Waals surface area contributed by atoms with E-state index >= 15 is 0 Å². The molecular formula is C13H17ClFNO4S. The topological polar surface area (TPSA) is 83.5 Å². The minimum Gasteiger partial charge on any atom is -0.481 e. The number of sulfonamides is 1. The van der Waals surface area contributed by atoms with E-state index in [-0.39, 0.29) is 17.5 Å². The van der Waals surface area contributed by atoms with Gasteiger partial charge >= 0.3 is 5.97 Å². The summed E-state index contributed by atoms with van der Waals surface area (Å²) in [5, 5.41) is 9.13. The third-order valence-electron chi connectivity index (χ3n) is 2.81. The third-order valence-corrected chi connectivity index (χ3v) is 4.50. The average Bonchev–Trinajstić information content (AvgIpc) is 2.33. The van der Waals surface area contributed by atoms with E-state index in [9.17, 15) is 17.6 Å². The van der Waals surface area contributed by atoms with Crippen molar-refractivity contribution in [3.05, 3.63) is 29.0 Å². The molecule has 1 unspecified atom stereocenters. The van der Waals surface area contributed by atoms with E-state index in [0.717, 1.165) is 12.1 Å². The third kappa shape index (κ3) is 5.26. The van der Waals surface area contributed by atoms with Crippen LogP contribution in [-0.2, 0) is 14.8 Å². The number of benzene rings is 1. The molecular weight excluding hydrogens is 321 g/mol. The molecule has 0 saturated heterocycles. The zero-order valence-corrected chi connectivity index (χ0v) is 13.2. The average molecular weight is 338 g/mol. The highest BCUT2D eigenvalue weighted by Gasteiger charge is 2.24. The van der Waals surface area contributed by atoms with Gasteiger partial charge in [0.05, 0.1) is 5.92 Å². The lowest BCUT2D eigenvalue weighted by Gasteiger charge is -2.15. The molecule has 0 amide bonds. The van der Waals surface area contributed by atoms with E-state index in [1.54, 1.807) is 0 Å². The van der Waals surface area contributed by atoms with Crippen LogP contribution in [-0.4, -0.2) is 26.0 Å². The van der Waals surface area contributed by atoms with Crippen LogP contribution in [0, 0.1) is 17.7 Å². The van der Waals surface area contributed by atoms with Crippen molar-refractivity contribution in [2.75, 3.05) is 6.54 Å². The van der Waals surface area contributed by atoms with Crippen molar-refractivity contribution in [1.82, 2.24) is 4.72 Å². The first-order valence-electron chi connectivity index (χ1n) is 6.31. The van der Waals surface area contributed by atoms with Gasteiger partial charge < -0.3 is 5.11 Å². The second-order valence-electron chi connectivity index (χ2n) is 5.09. The highest BCUT2D eigenvalue weighted by Crippen LogP contribution is 2.19. The fourth-order valence-electron chi connectivity index (χ4n) is 1.82. The van der Waals surface area contributed by atoms with Gasteiger partial charge in [-0.05, 0) is 30.5 Å². The van der Waals surface area contributed by atoms with Crippen molar-refractivity contribution in [1.29, 1.82) is 0 Å². The van der Waals surface area contributed by atoms with Gasteiger partial charge in [0.1, 0.15) is 10.7 Å². The zero-order chi connectivity index (χ0) is 16.2. The van der Waals surface area contributed by atoms with Crippen molar-refractivity contribution in [3.63, 3.8) is 0 Å². The highest BCUT2D eigenvalue weighted by molar-refractivity contribution is 7.89. The maximum absolute atomic E-state index is 13.6. The summed E-state index contributed by atoms with van der Waals surface area (Å²) in [7, 11) is -4.12. The molecule has 0 aliphatic heterocycles. The number of nitrogens with one attached hydrogen (secondary N) is 1. The quantitative estimate of drug-likeness (QED) is 0.800. The Kier molecular flexibility index (Phi) is 6.12. The number of rotatable bonds is 7. The molecule has 0 aliphatic carbocycles. The van der Waals surface area contributed by atoms with Crippen LogP contribution in [0.5, 0.6) is 0 Å². The summed E-state index contributed by atoms with van der Waals surface area (Å²) in [6.07, 6.45) is 0.320. The molecule has 1 aromatic carbocycles. The number of carboxylic acids is 1. The lowest BCUT2D eigenvalue weighted by atomic mass is 9.98. The first-order chi connectivity index (χ1) is 9.63.